The second kappa shape index (κ2) is 6.54. The number of benzene rings is 1. The highest BCUT2D eigenvalue weighted by molar-refractivity contribution is 6.30. The van der Waals surface area contributed by atoms with Gasteiger partial charge in [0.2, 0.25) is 0 Å². The number of hydrogen-bond acceptors (Lipinski definition) is 3. The molecule has 0 spiro atoms. The summed E-state index contributed by atoms with van der Waals surface area (Å²) in [6.07, 6.45) is -0.561. The molecule has 0 aliphatic heterocycles. The van der Waals surface area contributed by atoms with Crippen molar-refractivity contribution in [3.63, 3.8) is 0 Å². The predicted octanol–water partition coefficient (Wildman–Crippen LogP) is 1.83. The van der Waals surface area contributed by atoms with Gasteiger partial charge in [0.1, 0.15) is 5.82 Å². The first kappa shape index (κ1) is 13.9. The summed E-state index contributed by atoms with van der Waals surface area (Å²) >= 11 is 5.58. The zero-order valence-electron chi connectivity index (χ0n) is 9.50. The van der Waals surface area contributed by atoms with Crippen molar-refractivity contribution >= 4 is 17.5 Å². The van der Waals surface area contributed by atoms with Crippen molar-refractivity contribution in [3.8, 4) is 0 Å². The largest absolute Gasteiger partial charge is 0.354 e. The van der Waals surface area contributed by atoms with Crippen molar-refractivity contribution in [1.29, 1.82) is 0 Å². The number of halogens is 2. The van der Waals surface area contributed by atoms with Crippen LogP contribution in [0.3, 0.4) is 0 Å². The lowest BCUT2D eigenvalue weighted by molar-refractivity contribution is -0.0974. The Kier molecular flexibility index (Phi) is 5.34. The van der Waals surface area contributed by atoms with E-state index >= 15 is 0 Å². The standard InChI is InChI=1S/C11H13ClFNO3/c1-16-10(17-2)6-14-11(15)8-4-3-7(12)5-9(8)13/h3-5,10H,6H2,1-2H3,(H,14,15). The van der Waals surface area contributed by atoms with Gasteiger partial charge in [-0.2, -0.15) is 0 Å². The van der Waals surface area contributed by atoms with Gasteiger partial charge >= 0.3 is 0 Å². The van der Waals surface area contributed by atoms with Crippen molar-refractivity contribution in [2.24, 2.45) is 0 Å². The topological polar surface area (TPSA) is 47.6 Å². The highest BCUT2D eigenvalue weighted by atomic mass is 35.5. The molecule has 1 rings (SSSR count). The first-order chi connectivity index (χ1) is 8.08. The van der Waals surface area contributed by atoms with Gasteiger partial charge in [0.25, 0.3) is 5.91 Å². The molecule has 17 heavy (non-hydrogen) atoms. The molecule has 0 saturated carbocycles. The summed E-state index contributed by atoms with van der Waals surface area (Å²) in [4.78, 5) is 11.6. The van der Waals surface area contributed by atoms with E-state index in [-0.39, 0.29) is 17.1 Å². The Labute approximate surface area is 104 Å². The maximum atomic E-state index is 13.4. The molecule has 0 radical (unpaired) electrons. The molecule has 0 aliphatic carbocycles. The second-order valence-corrected chi connectivity index (χ2v) is 3.67. The highest BCUT2D eigenvalue weighted by Crippen LogP contribution is 2.14. The van der Waals surface area contributed by atoms with Gasteiger partial charge in [0.15, 0.2) is 6.29 Å². The van der Waals surface area contributed by atoms with Gasteiger partial charge in [-0.1, -0.05) is 11.6 Å². The monoisotopic (exact) mass is 261 g/mol. The molecule has 1 N–H and O–H groups in total. The van der Waals surface area contributed by atoms with Crippen molar-refractivity contribution in [2.45, 2.75) is 6.29 Å². The van der Waals surface area contributed by atoms with Gasteiger partial charge in [-0.25, -0.2) is 4.39 Å². The van der Waals surface area contributed by atoms with Crippen LogP contribution in [0.2, 0.25) is 5.02 Å². The van der Waals surface area contributed by atoms with E-state index in [2.05, 4.69) is 5.32 Å². The summed E-state index contributed by atoms with van der Waals surface area (Å²) in [5, 5.41) is 2.73. The lowest BCUT2D eigenvalue weighted by Crippen LogP contribution is -2.34. The lowest BCUT2D eigenvalue weighted by Gasteiger charge is -2.14. The minimum Gasteiger partial charge on any atom is -0.354 e. The van der Waals surface area contributed by atoms with E-state index in [1.165, 1.54) is 26.4 Å². The summed E-state index contributed by atoms with van der Waals surface area (Å²) in [5.74, 6) is -1.21. The van der Waals surface area contributed by atoms with Gasteiger partial charge < -0.3 is 14.8 Å². The molecule has 1 aromatic carbocycles. The fourth-order valence-corrected chi connectivity index (χ4v) is 1.37. The Balaban J connectivity index is 2.64. The van der Waals surface area contributed by atoms with Gasteiger partial charge in [0.05, 0.1) is 12.1 Å². The molecule has 0 heterocycles. The Bertz CT molecular complexity index is 396. The van der Waals surface area contributed by atoms with Crippen LogP contribution in [0.1, 0.15) is 10.4 Å². The smallest absolute Gasteiger partial charge is 0.254 e. The molecule has 0 fully saturated rings. The molecule has 0 atom stereocenters. The quantitative estimate of drug-likeness (QED) is 0.823. The van der Waals surface area contributed by atoms with Crippen LogP contribution in [0.4, 0.5) is 4.39 Å². The van der Waals surface area contributed by atoms with Gasteiger partial charge in [-0.3, -0.25) is 4.79 Å². The molecular weight excluding hydrogens is 249 g/mol. The van der Waals surface area contributed by atoms with Crippen LogP contribution in [0.25, 0.3) is 0 Å². The molecule has 4 nitrogen and oxygen atoms in total. The Hall–Kier alpha value is -1.17. The molecule has 94 valence electrons. The van der Waals surface area contributed by atoms with E-state index < -0.39 is 18.0 Å². The van der Waals surface area contributed by atoms with Crippen molar-refractivity contribution in [3.05, 3.63) is 34.6 Å². The number of carbonyl (C=O) groups excluding carboxylic acids is 1. The SMILES string of the molecule is COC(CNC(=O)c1ccc(Cl)cc1F)OC. The van der Waals surface area contributed by atoms with Crippen molar-refractivity contribution < 1.29 is 18.7 Å². The molecule has 0 aliphatic rings. The fraction of sp³-hybridized carbons (Fsp3) is 0.364. The van der Waals surface area contributed by atoms with Crippen LogP contribution in [0.5, 0.6) is 0 Å². The third-order valence-corrected chi connectivity index (χ3v) is 2.37. The minimum atomic E-state index is -0.665. The maximum Gasteiger partial charge on any atom is 0.254 e. The van der Waals surface area contributed by atoms with E-state index in [9.17, 15) is 9.18 Å². The van der Waals surface area contributed by atoms with Gasteiger partial charge in [0, 0.05) is 19.2 Å². The van der Waals surface area contributed by atoms with E-state index in [1.54, 1.807) is 0 Å². The minimum absolute atomic E-state index is 0.0691. The zero-order valence-corrected chi connectivity index (χ0v) is 10.3. The molecule has 0 bridgehead atoms. The highest BCUT2D eigenvalue weighted by Gasteiger charge is 2.13. The Morgan fingerprint density at radius 3 is 2.65 bits per heavy atom. The molecule has 0 saturated heterocycles. The van der Waals surface area contributed by atoms with E-state index in [1.807, 2.05) is 0 Å². The molecule has 0 unspecified atom stereocenters. The first-order valence-electron chi connectivity index (χ1n) is 4.87. The van der Waals surface area contributed by atoms with Crippen LogP contribution >= 0.6 is 11.6 Å². The summed E-state index contributed by atoms with van der Waals surface area (Å²) in [5.41, 5.74) is -0.0691. The van der Waals surface area contributed by atoms with Crippen LogP contribution < -0.4 is 5.32 Å². The van der Waals surface area contributed by atoms with E-state index in [4.69, 9.17) is 21.1 Å². The Morgan fingerprint density at radius 2 is 2.12 bits per heavy atom. The lowest BCUT2D eigenvalue weighted by atomic mass is 10.2. The van der Waals surface area contributed by atoms with Crippen LogP contribution in [-0.4, -0.2) is 33.0 Å². The number of ether oxygens (including phenoxy) is 2. The number of nitrogens with one attached hydrogen (secondary N) is 1. The normalized spacial score (nSPS) is 10.6. The summed E-state index contributed by atoms with van der Waals surface area (Å²) in [7, 11) is 2.90. The zero-order chi connectivity index (χ0) is 12.8. The number of carbonyl (C=O) groups is 1. The van der Waals surface area contributed by atoms with Crippen molar-refractivity contribution in [2.75, 3.05) is 20.8 Å². The van der Waals surface area contributed by atoms with Crippen LogP contribution in [0, 0.1) is 5.82 Å². The van der Waals surface area contributed by atoms with Crippen LogP contribution in [-0.2, 0) is 9.47 Å². The first-order valence-corrected chi connectivity index (χ1v) is 5.25. The van der Waals surface area contributed by atoms with Crippen molar-refractivity contribution in [1.82, 2.24) is 5.32 Å². The number of rotatable bonds is 5. The molecular formula is C11H13ClFNO3. The fourth-order valence-electron chi connectivity index (χ4n) is 1.21. The number of hydrogen-bond donors (Lipinski definition) is 1. The average Bonchev–Trinajstić information content (AvgIpc) is 2.30. The average molecular weight is 262 g/mol. The van der Waals surface area contributed by atoms with Gasteiger partial charge in [-0.05, 0) is 18.2 Å². The second-order valence-electron chi connectivity index (χ2n) is 3.24. The molecule has 1 aromatic rings. The molecule has 1 amide bonds. The third kappa shape index (κ3) is 3.96. The molecule has 6 heteroatoms. The number of methoxy groups -OCH3 is 2. The Morgan fingerprint density at radius 1 is 1.47 bits per heavy atom. The third-order valence-electron chi connectivity index (χ3n) is 2.13. The summed E-state index contributed by atoms with van der Waals surface area (Å²) in [6.45, 7) is 0.133. The predicted molar refractivity (Wildman–Crippen MR) is 61.5 cm³/mol. The summed E-state index contributed by atoms with van der Waals surface area (Å²) < 4.78 is 23.1. The maximum absolute atomic E-state index is 13.4. The van der Waals surface area contributed by atoms with Gasteiger partial charge in [-0.15, -0.1) is 0 Å². The van der Waals surface area contributed by atoms with E-state index in [0.29, 0.717) is 0 Å². The van der Waals surface area contributed by atoms with E-state index in [0.717, 1.165) is 6.07 Å². The summed E-state index contributed by atoms with van der Waals surface area (Å²) in [6, 6.07) is 3.85. The molecule has 0 aromatic heterocycles. The van der Waals surface area contributed by atoms with Crippen LogP contribution in [0.15, 0.2) is 18.2 Å². The number of amides is 1.